The smallest absolute Gasteiger partial charge is 0.347 e. The number of likely N-dealkylation sites (N-methyl/N-ethyl adjacent to an activating group) is 1. The van der Waals surface area contributed by atoms with Gasteiger partial charge >= 0.3 is 11.7 Å². The van der Waals surface area contributed by atoms with Gasteiger partial charge in [0.15, 0.2) is 5.82 Å². The number of aryl methyl sites for hydroxylation is 1. The minimum Gasteiger partial charge on any atom is -0.358 e. The summed E-state index contributed by atoms with van der Waals surface area (Å²) in [6.45, 7) is 2.21. The van der Waals surface area contributed by atoms with Crippen LogP contribution in [0.3, 0.4) is 0 Å². The molecule has 1 aromatic carbocycles. The molecule has 0 aliphatic rings. The Morgan fingerprint density at radius 2 is 1.97 bits per heavy atom. The highest BCUT2D eigenvalue weighted by atomic mass is 16.2. The lowest BCUT2D eigenvalue weighted by atomic mass is 10.2. The van der Waals surface area contributed by atoms with Crippen molar-refractivity contribution >= 4 is 23.4 Å². The van der Waals surface area contributed by atoms with Crippen LogP contribution < -0.4 is 21.6 Å². The van der Waals surface area contributed by atoms with E-state index in [4.69, 9.17) is 0 Å². The first-order valence-corrected chi connectivity index (χ1v) is 8.88. The maximum absolute atomic E-state index is 12.3. The molecule has 150 valence electrons. The van der Waals surface area contributed by atoms with E-state index in [9.17, 15) is 14.4 Å². The number of amides is 3. The van der Waals surface area contributed by atoms with Gasteiger partial charge in [-0.15, -0.1) is 0 Å². The number of carbonyl (C=O) groups is 2. The lowest BCUT2D eigenvalue weighted by Crippen LogP contribution is -2.25. The molecule has 0 saturated carbocycles. The predicted molar refractivity (Wildman–Crippen MR) is 108 cm³/mol. The molecule has 29 heavy (non-hydrogen) atoms. The van der Waals surface area contributed by atoms with E-state index < -0.39 is 6.03 Å². The van der Waals surface area contributed by atoms with E-state index in [-0.39, 0.29) is 18.1 Å². The molecule has 3 aromatic rings. The van der Waals surface area contributed by atoms with Crippen molar-refractivity contribution in [2.75, 3.05) is 17.7 Å². The second-order valence-electron chi connectivity index (χ2n) is 6.31. The standard InChI is InChI=1S/C19H21N7O3/c1-13-9-16(24-26(13)12-17(27)20-2)23-18(28)22-15-6-3-5-14(10-15)11-25-8-4-7-21-19(25)29/h3-10H,11-12H2,1-2H3,(H,20,27)(H2,22,23,24,28). The van der Waals surface area contributed by atoms with Crippen molar-refractivity contribution in [3.05, 3.63) is 70.5 Å². The number of nitrogens with one attached hydrogen (secondary N) is 3. The van der Waals surface area contributed by atoms with Crippen molar-refractivity contribution in [1.82, 2.24) is 24.6 Å². The summed E-state index contributed by atoms with van der Waals surface area (Å²) in [4.78, 5) is 39.2. The van der Waals surface area contributed by atoms with Crippen LogP contribution in [0.25, 0.3) is 0 Å². The summed E-state index contributed by atoms with van der Waals surface area (Å²) in [5.41, 5.74) is 1.81. The molecule has 0 bridgehead atoms. The van der Waals surface area contributed by atoms with Gasteiger partial charge in [-0.05, 0) is 30.7 Å². The van der Waals surface area contributed by atoms with Crippen LogP contribution in [0, 0.1) is 6.92 Å². The Kier molecular flexibility index (Phi) is 6.03. The van der Waals surface area contributed by atoms with Gasteiger partial charge in [-0.3, -0.25) is 19.4 Å². The first kappa shape index (κ1) is 19.8. The first-order valence-electron chi connectivity index (χ1n) is 8.88. The average molecular weight is 395 g/mol. The van der Waals surface area contributed by atoms with E-state index in [0.717, 1.165) is 11.3 Å². The number of rotatable bonds is 6. The molecule has 0 spiro atoms. The Hall–Kier alpha value is -3.95. The molecular formula is C19H21N7O3. The predicted octanol–water partition coefficient (Wildman–Crippen LogP) is 1.19. The van der Waals surface area contributed by atoms with Gasteiger partial charge in [0.05, 0.1) is 6.54 Å². The summed E-state index contributed by atoms with van der Waals surface area (Å²) in [6, 6.07) is 10.0. The second kappa shape index (κ2) is 8.83. The Morgan fingerprint density at radius 3 is 2.72 bits per heavy atom. The van der Waals surface area contributed by atoms with Crippen LogP contribution in [-0.2, 0) is 17.9 Å². The van der Waals surface area contributed by atoms with Crippen LogP contribution in [-0.4, -0.2) is 38.3 Å². The summed E-state index contributed by atoms with van der Waals surface area (Å²) in [6.07, 6.45) is 3.10. The number of aromatic nitrogens is 4. The van der Waals surface area contributed by atoms with Crippen molar-refractivity contribution < 1.29 is 9.59 Å². The number of benzene rings is 1. The third-order valence-corrected chi connectivity index (χ3v) is 4.12. The topological polar surface area (TPSA) is 123 Å². The number of hydrogen-bond acceptors (Lipinski definition) is 5. The summed E-state index contributed by atoms with van der Waals surface area (Å²) < 4.78 is 2.97. The van der Waals surface area contributed by atoms with E-state index in [1.54, 1.807) is 50.5 Å². The second-order valence-corrected chi connectivity index (χ2v) is 6.31. The molecule has 2 heterocycles. The zero-order valence-electron chi connectivity index (χ0n) is 16.0. The average Bonchev–Trinajstić information content (AvgIpc) is 3.02. The normalized spacial score (nSPS) is 10.4. The molecule has 10 heteroatoms. The van der Waals surface area contributed by atoms with Crippen molar-refractivity contribution in [2.24, 2.45) is 0 Å². The molecule has 3 rings (SSSR count). The number of anilines is 2. The molecule has 3 amide bonds. The molecule has 0 atom stereocenters. The van der Waals surface area contributed by atoms with Crippen LogP contribution in [0.15, 0.2) is 53.6 Å². The summed E-state index contributed by atoms with van der Waals surface area (Å²) in [5.74, 6) is 0.152. The van der Waals surface area contributed by atoms with Crippen LogP contribution >= 0.6 is 0 Å². The highest BCUT2D eigenvalue weighted by Gasteiger charge is 2.10. The molecule has 0 radical (unpaired) electrons. The summed E-state index contributed by atoms with van der Waals surface area (Å²) in [5, 5.41) is 12.1. The van der Waals surface area contributed by atoms with Gasteiger partial charge in [0.2, 0.25) is 5.91 Å². The Morgan fingerprint density at radius 1 is 1.14 bits per heavy atom. The van der Waals surface area contributed by atoms with Crippen LogP contribution in [0.2, 0.25) is 0 Å². The van der Waals surface area contributed by atoms with Crippen molar-refractivity contribution in [3.63, 3.8) is 0 Å². The SMILES string of the molecule is CNC(=O)Cn1nc(NC(=O)Nc2cccc(Cn3cccnc3=O)c2)cc1C. The Labute approximate surface area is 166 Å². The van der Waals surface area contributed by atoms with E-state index in [2.05, 4.69) is 26.0 Å². The van der Waals surface area contributed by atoms with Gasteiger partial charge in [0.1, 0.15) is 6.54 Å². The Bertz CT molecular complexity index is 1090. The van der Waals surface area contributed by atoms with Crippen molar-refractivity contribution in [3.8, 4) is 0 Å². The molecule has 10 nitrogen and oxygen atoms in total. The van der Waals surface area contributed by atoms with Crippen LogP contribution in [0.5, 0.6) is 0 Å². The fraction of sp³-hybridized carbons (Fsp3) is 0.211. The number of carbonyl (C=O) groups excluding carboxylic acids is 2. The van der Waals surface area contributed by atoms with Crippen molar-refractivity contribution in [1.29, 1.82) is 0 Å². The Balaban J connectivity index is 1.64. The lowest BCUT2D eigenvalue weighted by Gasteiger charge is -2.09. The molecule has 0 aliphatic carbocycles. The fourth-order valence-electron chi connectivity index (χ4n) is 2.68. The molecule has 0 aliphatic heterocycles. The van der Waals surface area contributed by atoms with E-state index in [1.807, 2.05) is 6.07 Å². The third kappa shape index (κ3) is 5.28. The van der Waals surface area contributed by atoms with E-state index in [1.165, 1.54) is 15.4 Å². The van der Waals surface area contributed by atoms with Gasteiger partial charge in [0, 0.05) is 36.9 Å². The van der Waals surface area contributed by atoms with Gasteiger partial charge in [-0.25, -0.2) is 14.6 Å². The van der Waals surface area contributed by atoms with Gasteiger partial charge < -0.3 is 10.6 Å². The minimum absolute atomic E-state index is 0.0708. The number of nitrogens with zero attached hydrogens (tertiary/aromatic N) is 4. The van der Waals surface area contributed by atoms with Gasteiger partial charge in [0.25, 0.3) is 0 Å². The lowest BCUT2D eigenvalue weighted by molar-refractivity contribution is -0.121. The van der Waals surface area contributed by atoms with Gasteiger partial charge in [-0.1, -0.05) is 12.1 Å². The van der Waals surface area contributed by atoms with Gasteiger partial charge in [-0.2, -0.15) is 5.10 Å². The molecular weight excluding hydrogens is 374 g/mol. The van der Waals surface area contributed by atoms with Crippen LogP contribution in [0.1, 0.15) is 11.3 Å². The summed E-state index contributed by atoms with van der Waals surface area (Å²) in [7, 11) is 1.55. The highest BCUT2D eigenvalue weighted by Crippen LogP contribution is 2.13. The fourth-order valence-corrected chi connectivity index (χ4v) is 2.68. The first-order chi connectivity index (χ1) is 13.9. The molecule has 3 N–H and O–H groups in total. The molecule has 0 unspecified atom stereocenters. The van der Waals surface area contributed by atoms with Crippen LogP contribution in [0.4, 0.5) is 16.3 Å². The zero-order chi connectivity index (χ0) is 20.8. The maximum atomic E-state index is 12.3. The maximum Gasteiger partial charge on any atom is 0.347 e. The quantitative estimate of drug-likeness (QED) is 0.578. The van der Waals surface area contributed by atoms with Crippen molar-refractivity contribution in [2.45, 2.75) is 20.0 Å². The molecule has 0 fully saturated rings. The largest absolute Gasteiger partial charge is 0.358 e. The molecule has 2 aromatic heterocycles. The highest BCUT2D eigenvalue weighted by molar-refractivity contribution is 5.99. The zero-order valence-corrected chi connectivity index (χ0v) is 16.0. The summed E-state index contributed by atoms with van der Waals surface area (Å²) >= 11 is 0. The van der Waals surface area contributed by atoms with E-state index >= 15 is 0 Å². The number of hydrogen-bond donors (Lipinski definition) is 3. The van der Waals surface area contributed by atoms with E-state index in [0.29, 0.717) is 18.1 Å². The molecule has 0 saturated heterocycles. The third-order valence-electron chi connectivity index (χ3n) is 4.12. The minimum atomic E-state index is -0.467. The number of urea groups is 1. The monoisotopic (exact) mass is 395 g/mol.